The molecule has 144 valence electrons. The van der Waals surface area contributed by atoms with Crippen molar-refractivity contribution >= 4 is 5.91 Å². The second-order valence-corrected chi connectivity index (χ2v) is 8.67. The Morgan fingerprint density at radius 1 is 1.19 bits per heavy atom. The number of carbonyl (C=O) groups excluding carboxylic acids is 1. The summed E-state index contributed by atoms with van der Waals surface area (Å²) in [7, 11) is 0. The third-order valence-electron chi connectivity index (χ3n) is 6.12. The lowest BCUT2D eigenvalue weighted by molar-refractivity contribution is 0.0619. The fourth-order valence-electron chi connectivity index (χ4n) is 4.27. The van der Waals surface area contributed by atoms with Crippen molar-refractivity contribution in [3.05, 3.63) is 29.3 Å². The summed E-state index contributed by atoms with van der Waals surface area (Å²) in [5, 5.41) is 10.3. The van der Waals surface area contributed by atoms with Crippen molar-refractivity contribution in [2.75, 3.05) is 32.7 Å². The van der Waals surface area contributed by atoms with Gasteiger partial charge in [0.1, 0.15) is 5.75 Å². The Morgan fingerprint density at radius 3 is 2.58 bits per heavy atom. The number of phenols is 1. The van der Waals surface area contributed by atoms with Gasteiger partial charge in [-0.1, -0.05) is 26.8 Å². The van der Waals surface area contributed by atoms with Crippen molar-refractivity contribution in [3.63, 3.8) is 0 Å². The quantitative estimate of drug-likeness (QED) is 0.881. The minimum atomic E-state index is -0.0187. The maximum absolute atomic E-state index is 12.9. The average molecular weight is 359 g/mol. The molecule has 1 atom stereocenters. The highest BCUT2D eigenvalue weighted by molar-refractivity contribution is 5.97. The van der Waals surface area contributed by atoms with Crippen molar-refractivity contribution < 1.29 is 9.90 Å². The summed E-state index contributed by atoms with van der Waals surface area (Å²) < 4.78 is 0. The fourth-order valence-corrected chi connectivity index (χ4v) is 4.27. The van der Waals surface area contributed by atoms with Gasteiger partial charge < -0.3 is 14.9 Å². The van der Waals surface area contributed by atoms with E-state index in [1.807, 2.05) is 11.0 Å². The van der Waals surface area contributed by atoms with Crippen LogP contribution in [0.3, 0.4) is 0 Å². The van der Waals surface area contributed by atoms with E-state index in [9.17, 15) is 9.90 Å². The van der Waals surface area contributed by atoms with Gasteiger partial charge in [0.15, 0.2) is 0 Å². The molecule has 2 fully saturated rings. The number of hydrogen-bond donors (Lipinski definition) is 1. The van der Waals surface area contributed by atoms with Crippen LogP contribution in [0, 0.1) is 11.8 Å². The van der Waals surface area contributed by atoms with Gasteiger partial charge in [0, 0.05) is 19.6 Å². The van der Waals surface area contributed by atoms with Gasteiger partial charge in [-0.2, -0.15) is 0 Å². The lowest BCUT2D eigenvalue weighted by Gasteiger charge is -2.38. The second kappa shape index (κ2) is 8.43. The smallest absolute Gasteiger partial charge is 0.257 e. The maximum atomic E-state index is 12.9. The molecule has 0 saturated carbocycles. The van der Waals surface area contributed by atoms with Crippen LogP contribution in [0.25, 0.3) is 0 Å². The van der Waals surface area contributed by atoms with Gasteiger partial charge in [-0.25, -0.2) is 0 Å². The number of rotatable bonds is 4. The number of amides is 1. The highest BCUT2D eigenvalue weighted by atomic mass is 16.3. The predicted molar refractivity (Wildman–Crippen MR) is 106 cm³/mol. The number of phenolic OH excluding ortho intramolecular Hbond substituents is 1. The largest absolute Gasteiger partial charge is 0.507 e. The van der Waals surface area contributed by atoms with Gasteiger partial charge in [0.2, 0.25) is 0 Å². The number of benzene rings is 1. The topological polar surface area (TPSA) is 43.8 Å². The van der Waals surface area contributed by atoms with Crippen LogP contribution in [-0.2, 0) is 0 Å². The zero-order valence-corrected chi connectivity index (χ0v) is 16.6. The van der Waals surface area contributed by atoms with Crippen LogP contribution >= 0.6 is 0 Å². The summed E-state index contributed by atoms with van der Waals surface area (Å²) in [6.45, 7) is 11.6. The molecule has 2 aliphatic heterocycles. The first-order valence-electron chi connectivity index (χ1n) is 10.3. The Kier molecular flexibility index (Phi) is 6.23. The van der Waals surface area contributed by atoms with E-state index < -0.39 is 0 Å². The number of likely N-dealkylation sites (tertiary alicyclic amines) is 2. The summed E-state index contributed by atoms with van der Waals surface area (Å²) in [5.74, 6) is 1.85. The van der Waals surface area contributed by atoms with E-state index in [2.05, 4.69) is 25.7 Å². The van der Waals surface area contributed by atoms with E-state index in [1.165, 1.54) is 32.4 Å². The molecule has 0 bridgehead atoms. The first-order chi connectivity index (χ1) is 12.4. The highest BCUT2D eigenvalue weighted by Gasteiger charge is 2.28. The standard InChI is InChI=1S/C22H34N2O2/c1-16(2)19-6-7-20(21(25)13-19)22(26)24-10-4-5-18(15-24)14-23-11-8-17(3)9-12-23/h6-7,13,16-18,25H,4-5,8-12,14-15H2,1-3H3. The lowest BCUT2D eigenvalue weighted by atomic mass is 9.93. The molecule has 0 spiro atoms. The van der Waals surface area contributed by atoms with Gasteiger partial charge in [-0.15, -0.1) is 0 Å². The minimum Gasteiger partial charge on any atom is -0.507 e. The minimum absolute atomic E-state index is 0.0187. The number of carbonyl (C=O) groups is 1. The molecule has 2 aliphatic rings. The summed E-state index contributed by atoms with van der Waals surface area (Å²) in [6, 6.07) is 5.50. The molecule has 2 saturated heterocycles. The van der Waals surface area contributed by atoms with E-state index in [-0.39, 0.29) is 11.7 Å². The summed E-state index contributed by atoms with van der Waals surface area (Å²) in [5.41, 5.74) is 1.51. The second-order valence-electron chi connectivity index (χ2n) is 8.67. The Hall–Kier alpha value is -1.55. The SMILES string of the molecule is CC1CCN(CC2CCCN(C(=O)c3ccc(C(C)C)cc3O)C2)CC1. The van der Waals surface area contributed by atoms with Gasteiger partial charge >= 0.3 is 0 Å². The van der Waals surface area contributed by atoms with E-state index in [0.29, 0.717) is 17.4 Å². The molecular weight excluding hydrogens is 324 g/mol. The zero-order chi connectivity index (χ0) is 18.7. The molecule has 1 aromatic rings. The summed E-state index contributed by atoms with van der Waals surface area (Å²) >= 11 is 0. The fraction of sp³-hybridized carbons (Fsp3) is 0.682. The molecule has 0 radical (unpaired) electrons. The third kappa shape index (κ3) is 4.59. The van der Waals surface area contributed by atoms with E-state index in [4.69, 9.17) is 0 Å². The van der Waals surface area contributed by atoms with Crippen LogP contribution in [0.2, 0.25) is 0 Å². The molecular formula is C22H34N2O2. The van der Waals surface area contributed by atoms with Crippen molar-refractivity contribution in [2.24, 2.45) is 11.8 Å². The lowest BCUT2D eigenvalue weighted by Crippen LogP contribution is -2.45. The molecule has 0 aromatic heterocycles. The first-order valence-corrected chi connectivity index (χ1v) is 10.3. The number of piperidine rings is 2. The number of aromatic hydroxyl groups is 1. The van der Waals surface area contributed by atoms with Gasteiger partial charge in [0.05, 0.1) is 5.56 Å². The number of hydrogen-bond acceptors (Lipinski definition) is 3. The molecule has 1 unspecified atom stereocenters. The van der Waals surface area contributed by atoms with Crippen molar-refractivity contribution in [3.8, 4) is 5.75 Å². The number of nitrogens with zero attached hydrogens (tertiary/aromatic N) is 2. The molecule has 1 aromatic carbocycles. The molecule has 3 rings (SSSR count). The molecule has 4 nitrogen and oxygen atoms in total. The molecule has 1 N–H and O–H groups in total. The van der Waals surface area contributed by atoms with Crippen LogP contribution in [0.4, 0.5) is 0 Å². The van der Waals surface area contributed by atoms with Crippen LogP contribution in [0.5, 0.6) is 5.75 Å². The summed E-state index contributed by atoms with van der Waals surface area (Å²) in [6.07, 6.45) is 4.86. The van der Waals surface area contributed by atoms with Crippen LogP contribution in [0.1, 0.15) is 68.3 Å². The Labute approximate surface area is 158 Å². The Morgan fingerprint density at radius 2 is 1.92 bits per heavy atom. The molecule has 1 amide bonds. The van der Waals surface area contributed by atoms with Crippen LogP contribution < -0.4 is 0 Å². The normalized spacial score (nSPS) is 22.8. The van der Waals surface area contributed by atoms with Crippen LogP contribution in [0.15, 0.2) is 18.2 Å². The maximum Gasteiger partial charge on any atom is 0.257 e. The first kappa shape index (κ1) is 19.2. The van der Waals surface area contributed by atoms with Crippen molar-refractivity contribution in [1.82, 2.24) is 9.80 Å². The summed E-state index contributed by atoms with van der Waals surface area (Å²) in [4.78, 5) is 17.5. The Bertz CT molecular complexity index is 621. The molecule has 0 aliphatic carbocycles. The van der Waals surface area contributed by atoms with Crippen molar-refractivity contribution in [2.45, 2.75) is 52.4 Å². The van der Waals surface area contributed by atoms with Crippen LogP contribution in [-0.4, -0.2) is 53.5 Å². The van der Waals surface area contributed by atoms with E-state index in [0.717, 1.165) is 37.5 Å². The molecule has 2 heterocycles. The predicted octanol–water partition coefficient (Wildman–Crippen LogP) is 4.10. The van der Waals surface area contributed by atoms with Crippen molar-refractivity contribution in [1.29, 1.82) is 0 Å². The third-order valence-corrected chi connectivity index (χ3v) is 6.12. The van der Waals surface area contributed by atoms with Gasteiger partial charge in [-0.05, 0) is 74.2 Å². The Balaban J connectivity index is 1.61. The van der Waals surface area contributed by atoms with E-state index in [1.54, 1.807) is 12.1 Å². The molecule has 26 heavy (non-hydrogen) atoms. The van der Waals surface area contributed by atoms with Gasteiger partial charge in [0.25, 0.3) is 5.91 Å². The highest BCUT2D eigenvalue weighted by Crippen LogP contribution is 2.27. The zero-order valence-electron chi connectivity index (χ0n) is 16.6. The molecule has 4 heteroatoms. The average Bonchev–Trinajstić information content (AvgIpc) is 2.63. The van der Waals surface area contributed by atoms with Gasteiger partial charge in [-0.3, -0.25) is 4.79 Å². The monoisotopic (exact) mass is 358 g/mol. The van der Waals surface area contributed by atoms with E-state index >= 15 is 0 Å².